The summed E-state index contributed by atoms with van der Waals surface area (Å²) in [6.07, 6.45) is -2.94. The summed E-state index contributed by atoms with van der Waals surface area (Å²) in [5, 5.41) is 14.5. The first kappa shape index (κ1) is 27.4. The summed E-state index contributed by atoms with van der Waals surface area (Å²) in [6, 6.07) is 7.67. The van der Waals surface area contributed by atoms with Crippen molar-refractivity contribution in [3.8, 4) is 0 Å². The van der Waals surface area contributed by atoms with Gasteiger partial charge in [-0.25, -0.2) is 13.8 Å². The first-order valence-electron chi connectivity index (χ1n) is 11.0. The molecule has 3 rings (SSSR count). The molecule has 12 heteroatoms. The highest BCUT2D eigenvalue weighted by Crippen LogP contribution is 2.35. The normalized spacial score (nSPS) is 20.1. The number of nitrogens with one attached hydrogen (secondary N) is 3. The summed E-state index contributed by atoms with van der Waals surface area (Å²) in [5.41, 5.74) is -0.804. The average Bonchev–Trinajstić information content (AvgIpc) is 2.80. The molecule has 2 aromatic rings. The van der Waals surface area contributed by atoms with Crippen LogP contribution in [-0.2, 0) is 11.0 Å². The maximum absolute atomic E-state index is 14.5. The molecule has 1 aromatic heterocycles. The van der Waals surface area contributed by atoms with E-state index in [-0.39, 0.29) is 17.9 Å². The van der Waals surface area contributed by atoms with E-state index in [0.717, 1.165) is 17.0 Å². The fraction of sp³-hybridized carbons (Fsp3) is 0.375. The SMILES string of the molecule is CN/C=C(\C(=N)C(=O)N1CC(F)(F)CC(C)C1CNc1ccc(C(F)(F)F)cn1)c1cccc(Cl)c1. The predicted octanol–water partition coefficient (Wildman–Crippen LogP) is 5.32. The van der Waals surface area contributed by atoms with E-state index in [1.807, 2.05) is 0 Å². The van der Waals surface area contributed by atoms with E-state index < -0.39 is 54.2 Å². The lowest BCUT2D eigenvalue weighted by molar-refractivity contribution is -0.145. The van der Waals surface area contributed by atoms with Crippen LogP contribution in [0.1, 0.15) is 24.5 Å². The van der Waals surface area contributed by atoms with Crippen molar-refractivity contribution in [1.82, 2.24) is 15.2 Å². The molecule has 1 saturated heterocycles. The highest BCUT2D eigenvalue weighted by molar-refractivity contribution is 6.54. The van der Waals surface area contributed by atoms with Gasteiger partial charge in [0, 0.05) is 43.0 Å². The molecule has 3 N–H and O–H groups in total. The van der Waals surface area contributed by atoms with Gasteiger partial charge in [0.1, 0.15) is 11.5 Å². The zero-order valence-corrected chi connectivity index (χ0v) is 20.2. The number of benzene rings is 1. The largest absolute Gasteiger partial charge is 0.417 e. The summed E-state index contributed by atoms with van der Waals surface area (Å²) >= 11 is 6.05. The van der Waals surface area contributed by atoms with Gasteiger partial charge < -0.3 is 15.5 Å². The number of likely N-dealkylation sites (tertiary alicyclic amines) is 1. The fourth-order valence-electron chi connectivity index (χ4n) is 4.11. The zero-order valence-electron chi connectivity index (χ0n) is 19.5. The summed E-state index contributed by atoms with van der Waals surface area (Å²) in [6.45, 7) is 0.620. The molecular formula is C24H25ClF5N5O. The second-order valence-electron chi connectivity index (χ2n) is 8.58. The molecule has 2 heterocycles. The van der Waals surface area contributed by atoms with E-state index in [2.05, 4.69) is 15.6 Å². The lowest BCUT2D eigenvalue weighted by Gasteiger charge is -2.43. The molecule has 0 saturated carbocycles. The lowest BCUT2D eigenvalue weighted by atomic mass is 9.87. The number of rotatable bonds is 7. The predicted molar refractivity (Wildman–Crippen MR) is 128 cm³/mol. The van der Waals surface area contributed by atoms with Gasteiger partial charge in [0.25, 0.3) is 11.8 Å². The van der Waals surface area contributed by atoms with Crippen molar-refractivity contribution in [2.45, 2.75) is 31.5 Å². The van der Waals surface area contributed by atoms with Crippen LogP contribution in [0.2, 0.25) is 5.02 Å². The van der Waals surface area contributed by atoms with Crippen molar-refractivity contribution in [3.05, 3.63) is 64.9 Å². The van der Waals surface area contributed by atoms with Crippen LogP contribution >= 0.6 is 11.6 Å². The Morgan fingerprint density at radius 1 is 1.31 bits per heavy atom. The Labute approximate surface area is 210 Å². The summed E-state index contributed by atoms with van der Waals surface area (Å²) in [7, 11) is 1.57. The van der Waals surface area contributed by atoms with Crippen LogP contribution in [0.25, 0.3) is 5.57 Å². The third kappa shape index (κ3) is 6.51. The second-order valence-corrected chi connectivity index (χ2v) is 9.02. The topological polar surface area (TPSA) is 81.1 Å². The molecule has 1 amide bonds. The molecule has 1 aliphatic heterocycles. The van der Waals surface area contributed by atoms with E-state index in [1.165, 1.54) is 6.20 Å². The first-order chi connectivity index (χ1) is 16.8. The molecular weight excluding hydrogens is 505 g/mol. The highest BCUT2D eigenvalue weighted by Gasteiger charge is 2.46. The fourth-order valence-corrected chi connectivity index (χ4v) is 4.30. The Morgan fingerprint density at radius 3 is 2.61 bits per heavy atom. The van der Waals surface area contributed by atoms with Gasteiger partial charge >= 0.3 is 6.18 Å². The van der Waals surface area contributed by atoms with E-state index in [0.29, 0.717) is 16.8 Å². The molecule has 2 unspecified atom stereocenters. The van der Waals surface area contributed by atoms with Gasteiger partial charge in [-0.1, -0.05) is 30.7 Å². The number of carbonyl (C=O) groups is 1. The van der Waals surface area contributed by atoms with E-state index >= 15 is 0 Å². The quantitative estimate of drug-likeness (QED) is 0.335. The Balaban J connectivity index is 1.84. The monoisotopic (exact) mass is 529 g/mol. The van der Waals surface area contributed by atoms with Crippen molar-refractivity contribution >= 4 is 34.6 Å². The number of hydrogen-bond acceptors (Lipinski definition) is 5. The lowest BCUT2D eigenvalue weighted by Crippen LogP contribution is -2.58. The number of aromatic nitrogens is 1. The third-order valence-corrected chi connectivity index (χ3v) is 6.07. The van der Waals surface area contributed by atoms with E-state index in [9.17, 15) is 26.7 Å². The van der Waals surface area contributed by atoms with Gasteiger partial charge in [-0.05, 0) is 35.7 Å². The standard InChI is InChI=1S/C24H25ClF5N5O/c1-14-9-23(26,27)13-35(19(14)12-34-20-7-6-16(10-33-20)24(28,29)30)22(36)21(31)18(11-32-2)15-4-3-5-17(25)8-15/h3-8,10-11,14,19,31-32H,9,12-13H2,1-2H3,(H,33,34)/b18-11-,31-21?. The van der Waals surface area contributed by atoms with Gasteiger partial charge in [-0.15, -0.1) is 0 Å². The second kappa shape index (κ2) is 10.8. The third-order valence-electron chi connectivity index (χ3n) is 5.83. The Morgan fingerprint density at radius 2 is 2.03 bits per heavy atom. The number of amides is 1. The average molecular weight is 530 g/mol. The van der Waals surface area contributed by atoms with Crippen molar-refractivity contribution in [1.29, 1.82) is 5.41 Å². The maximum Gasteiger partial charge on any atom is 0.417 e. The molecule has 0 spiro atoms. The van der Waals surface area contributed by atoms with Crippen molar-refractivity contribution in [3.63, 3.8) is 0 Å². The Hall–Kier alpha value is -3.21. The number of hydrogen-bond donors (Lipinski definition) is 3. The molecule has 0 bridgehead atoms. The summed E-state index contributed by atoms with van der Waals surface area (Å²) in [4.78, 5) is 18.1. The van der Waals surface area contributed by atoms with E-state index in [1.54, 1.807) is 38.2 Å². The first-order valence-corrected chi connectivity index (χ1v) is 11.4. The highest BCUT2D eigenvalue weighted by atomic mass is 35.5. The number of anilines is 1. The number of nitrogens with zero attached hydrogens (tertiary/aromatic N) is 2. The number of piperidine rings is 1. The van der Waals surface area contributed by atoms with Crippen LogP contribution in [-0.4, -0.2) is 53.6 Å². The molecule has 36 heavy (non-hydrogen) atoms. The maximum atomic E-state index is 14.5. The smallest absolute Gasteiger partial charge is 0.393 e. The molecule has 1 aliphatic rings. The molecule has 194 valence electrons. The van der Waals surface area contributed by atoms with E-state index in [4.69, 9.17) is 17.0 Å². The van der Waals surface area contributed by atoms with Crippen LogP contribution < -0.4 is 10.6 Å². The minimum atomic E-state index is -4.54. The molecule has 1 fully saturated rings. The molecule has 0 aliphatic carbocycles. The minimum Gasteiger partial charge on any atom is -0.393 e. The van der Waals surface area contributed by atoms with Crippen LogP contribution in [0.15, 0.2) is 48.8 Å². The van der Waals surface area contributed by atoms with Gasteiger partial charge in [0.15, 0.2) is 0 Å². The van der Waals surface area contributed by atoms with Gasteiger partial charge in [0.2, 0.25) is 0 Å². The number of carbonyl (C=O) groups excluding carboxylic acids is 1. The minimum absolute atomic E-state index is 0.0448. The summed E-state index contributed by atoms with van der Waals surface area (Å²) < 4.78 is 67.4. The molecule has 1 aromatic carbocycles. The number of halogens is 6. The van der Waals surface area contributed by atoms with Crippen molar-refractivity contribution in [2.24, 2.45) is 5.92 Å². The van der Waals surface area contributed by atoms with Crippen LogP contribution in [0.3, 0.4) is 0 Å². The van der Waals surface area contributed by atoms with Crippen LogP contribution in [0.4, 0.5) is 27.8 Å². The number of pyridine rings is 1. The van der Waals surface area contributed by atoms with Crippen LogP contribution in [0.5, 0.6) is 0 Å². The Bertz CT molecular complexity index is 1140. The molecule has 6 nitrogen and oxygen atoms in total. The zero-order chi connectivity index (χ0) is 26.7. The molecule has 0 radical (unpaired) electrons. The van der Waals surface area contributed by atoms with Gasteiger partial charge in [0.05, 0.1) is 18.2 Å². The van der Waals surface area contributed by atoms with Gasteiger partial charge in [-0.2, -0.15) is 13.2 Å². The Kier molecular flexibility index (Phi) is 8.22. The van der Waals surface area contributed by atoms with Crippen molar-refractivity contribution < 1.29 is 26.7 Å². The van der Waals surface area contributed by atoms with Crippen molar-refractivity contribution in [2.75, 3.05) is 25.5 Å². The van der Waals surface area contributed by atoms with Gasteiger partial charge in [-0.3, -0.25) is 10.2 Å². The van der Waals surface area contributed by atoms with Crippen LogP contribution in [0, 0.1) is 11.3 Å². The summed E-state index contributed by atoms with van der Waals surface area (Å²) in [5.74, 6) is -4.64. The molecule has 2 atom stereocenters. The number of alkyl halides is 5.